The van der Waals surface area contributed by atoms with Crippen LogP contribution in [0.15, 0.2) is 59.5 Å². The topological polar surface area (TPSA) is 58.6 Å². The summed E-state index contributed by atoms with van der Waals surface area (Å²) in [7, 11) is -3.52. The molecule has 3 rings (SSSR count). The zero-order chi connectivity index (χ0) is 18.4. The lowest BCUT2D eigenvalue weighted by Crippen LogP contribution is -2.49. The highest BCUT2D eigenvalue weighted by molar-refractivity contribution is 7.89. The minimum atomic E-state index is -3.52. The smallest absolute Gasteiger partial charge is 0.240 e. The first-order valence-electron chi connectivity index (χ1n) is 8.97. The molecule has 1 unspecified atom stereocenters. The number of hydrogen-bond donors (Lipinski definition) is 1. The second-order valence-corrected chi connectivity index (χ2v) is 8.43. The van der Waals surface area contributed by atoms with E-state index in [-0.39, 0.29) is 6.04 Å². The van der Waals surface area contributed by atoms with Crippen LogP contribution in [0.3, 0.4) is 0 Å². The SMILES string of the molecule is Cc1cccc(S(=O)(=O)NCC(Cc2ccccc2)N2CCOCC2)c1. The molecule has 26 heavy (non-hydrogen) atoms. The number of hydrogen-bond acceptors (Lipinski definition) is 4. The summed E-state index contributed by atoms with van der Waals surface area (Å²) in [5.41, 5.74) is 2.14. The van der Waals surface area contributed by atoms with E-state index in [1.54, 1.807) is 18.2 Å². The molecule has 1 fully saturated rings. The number of nitrogens with one attached hydrogen (secondary N) is 1. The first-order chi connectivity index (χ1) is 12.5. The Labute approximate surface area is 156 Å². The summed E-state index contributed by atoms with van der Waals surface area (Å²) in [6, 6.07) is 17.3. The molecule has 0 bridgehead atoms. The van der Waals surface area contributed by atoms with E-state index in [4.69, 9.17) is 4.74 Å². The molecule has 0 radical (unpaired) electrons. The van der Waals surface area contributed by atoms with E-state index in [0.717, 1.165) is 25.1 Å². The zero-order valence-electron chi connectivity index (χ0n) is 15.1. The summed E-state index contributed by atoms with van der Waals surface area (Å²) >= 11 is 0. The Kier molecular flexibility index (Phi) is 6.43. The predicted octanol–water partition coefficient (Wildman–Crippen LogP) is 2.22. The lowest BCUT2D eigenvalue weighted by molar-refractivity contribution is 0.0177. The third-order valence-corrected chi connectivity index (χ3v) is 6.11. The number of ether oxygens (including phenoxy) is 1. The number of sulfonamides is 1. The van der Waals surface area contributed by atoms with Gasteiger partial charge in [0.1, 0.15) is 0 Å². The van der Waals surface area contributed by atoms with E-state index in [1.165, 1.54) is 5.56 Å². The highest BCUT2D eigenvalue weighted by Gasteiger charge is 2.24. The number of nitrogens with zero attached hydrogens (tertiary/aromatic N) is 1. The van der Waals surface area contributed by atoms with Crippen LogP contribution in [0.5, 0.6) is 0 Å². The van der Waals surface area contributed by atoms with E-state index < -0.39 is 10.0 Å². The maximum atomic E-state index is 12.7. The molecule has 1 N–H and O–H groups in total. The van der Waals surface area contributed by atoms with Gasteiger partial charge in [-0.3, -0.25) is 4.90 Å². The van der Waals surface area contributed by atoms with Crippen LogP contribution in [0, 0.1) is 6.92 Å². The Hall–Kier alpha value is -1.73. The van der Waals surface area contributed by atoms with Crippen LogP contribution in [0.2, 0.25) is 0 Å². The third-order valence-electron chi connectivity index (χ3n) is 4.69. The molecule has 5 nitrogen and oxygen atoms in total. The van der Waals surface area contributed by atoms with Crippen LogP contribution < -0.4 is 4.72 Å². The number of rotatable bonds is 7. The van der Waals surface area contributed by atoms with Crippen LogP contribution in [0.4, 0.5) is 0 Å². The molecular weight excluding hydrogens is 348 g/mol. The monoisotopic (exact) mass is 374 g/mol. The van der Waals surface area contributed by atoms with E-state index in [9.17, 15) is 8.42 Å². The van der Waals surface area contributed by atoms with Crippen molar-refractivity contribution in [3.63, 3.8) is 0 Å². The summed E-state index contributed by atoms with van der Waals surface area (Å²) in [5.74, 6) is 0. The van der Waals surface area contributed by atoms with Crippen LogP contribution >= 0.6 is 0 Å². The highest BCUT2D eigenvalue weighted by atomic mass is 32.2. The van der Waals surface area contributed by atoms with Gasteiger partial charge < -0.3 is 4.74 Å². The zero-order valence-corrected chi connectivity index (χ0v) is 15.9. The molecule has 140 valence electrons. The van der Waals surface area contributed by atoms with Crippen molar-refractivity contribution < 1.29 is 13.2 Å². The summed E-state index contributed by atoms with van der Waals surface area (Å²) in [6.45, 7) is 5.30. The molecule has 0 aliphatic carbocycles. The van der Waals surface area contributed by atoms with E-state index in [2.05, 4.69) is 21.8 Å². The molecule has 1 aliphatic heterocycles. The summed E-state index contributed by atoms with van der Waals surface area (Å²) in [4.78, 5) is 2.63. The second-order valence-electron chi connectivity index (χ2n) is 6.66. The highest BCUT2D eigenvalue weighted by Crippen LogP contribution is 2.14. The number of morpholine rings is 1. The van der Waals surface area contributed by atoms with Crippen molar-refractivity contribution in [3.05, 3.63) is 65.7 Å². The molecule has 1 atom stereocenters. The molecule has 2 aromatic carbocycles. The largest absolute Gasteiger partial charge is 0.379 e. The van der Waals surface area contributed by atoms with E-state index in [0.29, 0.717) is 24.7 Å². The Balaban J connectivity index is 1.72. The van der Waals surface area contributed by atoms with E-state index in [1.807, 2.05) is 31.2 Å². The summed E-state index contributed by atoms with van der Waals surface area (Å²) in [6.07, 6.45) is 0.803. The number of aryl methyl sites for hydroxylation is 1. The van der Waals surface area contributed by atoms with Crippen molar-refractivity contribution >= 4 is 10.0 Å². The molecule has 1 heterocycles. The first kappa shape index (κ1) is 19.0. The van der Waals surface area contributed by atoms with Crippen molar-refractivity contribution in [1.29, 1.82) is 0 Å². The lowest BCUT2D eigenvalue weighted by atomic mass is 10.0. The van der Waals surface area contributed by atoms with Gasteiger partial charge in [0.2, 0.25) is 10.0 Å². The maximum absolute atomic E-state index is 12.7. The quantitative estimate of drug-likeness (QED) is 0.807. The fraction of sp³-hybridized carbons (Fsp3) is 0.400. The van der Waals surface area contributed by atoms with Gasteiger partial charge in [-0.25, -0.2) is 13.1 Å². The van der Waals surface area contributed by atoms with Crippen molar-refractivity contribution in [2.75, 3.05) is 32.8 Å². The van der Waals surface area contributed by atoms with Crippen molar-refractivity contribution in [2.45, 2.75) is 24.3 Å². The van der Waals surface area contributed by atoms with Crippen LogP contribution in [0.1, 0.15) is 11.1 Å². The average Bonchev–Trinajstić information content (AvgIpc) is 2.67. The standard InChI is InChI=1S/C20H26N2O3S/c1-17-6-5-9-20(14-17)26(23,24)21-16-19(22-10-12-25-13-11-22)15-18-7-3-2-4-8-18/h2-9,14,19,21H,10-13,15-16H2,1H3. The fourth-order valence-corrected chi connectivity index (χ4v) is 4.41. The van der Waals surface area contributed by atoms with Gasteiger partial charge in [-0.15, -0.1) is 0 Å². The molecule has 1 aliphatic rings. The molecular formula is C20H26N2O3S. The van der Waals surface area contributed by atoms with Gasteiger partial charge >= 0.3 is 0 Å². The molecule has 2 aromatic rings. The van der Waals surface area contributed by atoms with Gasteiger partial charge in [-0.1, -0.05) is 42.5 Å². The van der Waals surface area contributed by atoms with Gasteiger partial charge in [0.25, 0.3) is 0 Å². The van der Waals surface area contributed by atoms with Crippen molar-refractivity contribution in [1.82, 2.24) is 9.62 Å². The molecule has 0 amide bonds. The van der Waals surface area contributed by atoms with Gasteiger partial charge in [0, 0.05) is 25.7 Å². The van der Waals surface area contributed by atoms with Gasteiger partial charge in [0.05, 0.1) is 18.1 Å². The van der Waals surface area contributed by atoms with Gasteiger partial charge in [-0.05, 0) is 36.6 Å². The van der Waals surface area contributed by atoms with Crippen LogP contribution in [-0.4, -0.2) is 52.2 Å². The molecule has 1 saturated heterocycles. The van der Waals surface area contributed by atoms with Gasteiger partial charge in [0.15, 0.2) is 0 Å². The second kappa shape index (κ2) is 8.77. The Morgan fingerprint density at radius 1 is 1.08 bits per heavy atom. The predicted molar refractivity (Wildman–Crippen MR) is 103 cm³/mol. The molecule has 6 heteroatoms. The van der Waals surface area contributed by atoms with Crippen LogP contribution in [-0.2, 0) is 21.2 Å². The maximum Gasteiger partial charge on any atom is 0.240 e. The van der Waals surface area contributed by atoms with E-state index >= 15 is 0 Å². The Morgan fingerprint density at radius 2 is 1.81 bits per heavy atom. The van der Waals surface area contributed by atoms with Crippen molar-refractivity contribution in [3.8, 4) is 0 Å². The minimum absolute atomic E-state index is 0.0980. The minimum Gasteiger partial charge on any atom is -0.379 e. The summed E-state index contributed by atoms with van der Waals surface area (Å²) < 4.78 is 33.6. The number of benzene rings is 2. The van der Waals surface area contributed by atoms with Crippen LogP contribution in [0.25, 0.3) is 0 Å². The van der Waals surface area contributed by atoms with Gasteiger partial charge in [-0.2, -0.15) is 0 Å². The summed E-state index contributed by atoms with van der Waals surface area (Å²) in [5, 5.41) is 0. The first-order valence-corrected chi connectivity index (χ1v) is 10.4. The molecule has 0 aromatic heterocycles. The average molecular weight is 375 g/mol. The lowest BCUT2D eigenvalue weighted by Gasteiger charge is -2.34. The normalized spacial score (nSPS) is 17.1. The fourth-order valence-electron chi connectivity index (χ4n) is 3.23. The van der Waals surface area contributed by atoms with Crippen molar-refractivity contribution in [2.24, 2.45) is 0 Å². The molecule has 0 saturated carbocycles. The Bertz CT molecular complexity index is 803. The molecule has 0 spiro atoms. The Morgan fingerprint density at radius 3 is 2.50 bits per heavy atom. The third kappa shape index (κ3) is 5.14.